The van der Waals surface area contributed by atoms with Gasteiger partial charge in [-0.25, -0.2) is 4.98 Å². The third-order valence-electron chi connectivity index (χ3n) is 2.96. The lowest BCUT2D eigenvalue weighted by atomic mass is 10.0. The Balaban J connectivity index is 2.11. The van der Waals surface area contributed by atoms with Crippen molar-refractivity contribution in [3.8, 4) is 0 Å². The Kier molecular flexibility index (Phi) is 2.72. The topological polar surface area (TPSA) is 71.8 Å². The molecule has 3 aromatic rings. The van der Waals surface area contributed by atoms with Crippen LogP contribution in [-0.2, 0) is 0 Å². The molecule has 0 fully saturated rings. The number of hydrogen-bond donors (Lipinski definition) is 2. The number of fused-ring (bicyclic) bond motifs is 1. The highest BCUT2D eigenvalue weighted by molar-refractivity contribution is 6.33. The van der Waals surface area contributed by atoms with E-state index < -0.39 is 0 Å². The first-order valence-corrected chi connectivity index (χ1v) is 6.06. The Morgan fingerprint density at radius 3 is 2.95 bits per heavy atom. The number of carbonyl (C=O) groups is 1. The van der Waals surface area contributed by atoms with Crippen LogP contribution in [0.15, 0.2) is 42.7 Å². The minimum atomic E-state index is -0.110. The number of carbonyl (C=O) groups excluding carboxylic acids is 1. The molecular weight excluding hydrogens is 262 g/mol. The van der Waals surface area contributed by atoms with Gasteiger partial charge in [-0.3, -0.25) is 4.79 Å². The summed E-state index contributed by atoms with van der Waals surface area (Å²) >= 11 is 5.94. The van der Waals surface area contributed by atoms with Crippen LogP contribution in [0.2, 0.25) is 5.02 Å². The van der Waals surface area contributed by atoms with E-state index in [1.54, 1.807) is 36.7 Å². The van der Waals surface area contributed by atoms with Crippen LogP contribution in [0, 0.1) is 0 Å². The minimum absolute atomic E-state index is 0.110. The average Bonchev–Trinajstić information content (AvgIpc) is 2.85. The second-order valence-electron chi connectivity index (χ2n) is 4.17. The quantitative estimate of drug-likeness (QED) is 0.556. The van der Waals surface area contributed by atoms with Crippen LogP contribution in [0.1, 0.15) is 15.9 Å². The van der Waals surface area contributed by atoms with Crippen molar-refractivity contribution in [2.45, 2.75) is 0 Å². The van der Waals surface area contributed by atoms with Crippen LogP contribution in [0.5, 0.6) is 0 Å². The van der Waals surface area contributed by atoms with E-state index in [-0.39, 0.29) is 5.78 Å². The molecule has 2 heterocycles. The minimum Gasteiger partial charge on any atom is -0.398 e. The van der Waals surface area contributed by atoms with Gasteiger partial charge in [0.1, 0.15) is 5.65 Å². The predicted molar refractivity (Wildman–Crippen MR) is 75.4 cm³/mol. The lowest BCUT2D eigenvalue weighted by molar-refractivity contribution is 0.104. The summed E-state index contributed by atoms with van der Waals surface area (Å²) in [4.78, 5) is 19.6. The van der Waals surface area contributed by atoms with E-state index in [4.69, 9.17) is 17.3 Å². The molecule has 0 bridgehead atoms. The van der Waals surface area contributed by atoms with Crippen molar-refractivity contribution in [3.05, 3.63) is 58.9 Å². The Morgan fingerprint density at radius 1 is 1.32 bits per heavy atom. The molecule has 1 aromatic carbocycles. The smallest absolute Gasteiger partial charge is 0.195 e. The molecule has 4 nitrogen and oxygen atoms in total. The Labute approximate surface area is 114 Å². The number of benzene rings is 1. The number of ketones is 1. The summed E-state index contributed by atoms with van der Waals surface area (Å²) in [6, 6.07) is 8.52. The van der Waals surface area contributed by atoms with Gasteiger partial charge in [0, 0.05) is 28.9 Å². The van der Waals surface area contributed by atoms with Gasteiger partial charge in [-0.05, 0) is 30.3 Å². The fourth-order valence-corrected chi connectivity index (χ4v) is 2.15. The van der Waals surface area contributed by atoms with Gasteiger partial charge in [0.15, 0.2) is 5.78 Å². The molecule has 0 radical (unpaired) electrons. The number of rotatable bonds is 2. The molecule has 0 saturated carbocycles. The SMILES string of the molecule is Nc1ccc(C(=O)c2c[nH]c3ncccc23)cc1Cl. The summed E-state index contributed by atoms with van der Waals surface area (Å²) in [6.07, 6.45) is 3.33. The Hall–Kier alpha value is -2.33. The maximum Gasteiger partial charge on any atom is 0.195 e. The number of aromatic nitrogens is 2. The fraction of sp³-hybridized carbons (Fsp3) is 0. The third-order valence-corrected chi connectivity index (χ3v) is 3.29. The van der Waals surface area contributed by atoms with E-state index >= 15 is 0 Å². The zero-order valence-corrected chi connectivity index (χ0v) is 10.6. The van der Waals surface area contributed by atoms with E-state index in [0.29, 0.717) is 27.5 Å². The zero-order chi connectivity index (χ0) is 13.4. The van der Waals surface area contributed by atoms with Crippen LogP contribution in [0.25, 0.3) is 11.0 Å². The molecule has 19 heavy (non-hydrogen) atoms. The van der Waals surface area contributed by atoms with Gasteiger partial charge in [-0.2, -0.15) is 0 Å². The molecule has 2 aromatic heterocycles. The third kappa shape index (κ3) is 1.96. The molecule has 5 heteroatoms. The number of H-pyrrole nitrogens is 1. The first kappa shape index (κ1) is 11.7. The van der Waals surface area contributed by atoms with Crippen molar-refractivity contribution in [2.75, 3.05) is 5.73 Å². The molecule has 0 amide bonds. The van der Waals surface area contributed by atoms with Gasteiger partial charge in [-0.15, -0.1) is 0 Å². The summed E-state index contributed by atoms with van der Waals surface area (Å²) in [5.74, 6) is -0.110. The molecule has 3 rings (SSSR count). The molecule has 0 saturated heterocycles. The standard InChI is InChI=1S/C14H10ClN3O/c15-11-6-8(3-4-12(11)16)13(19)10-7-18-14-9(10)2-1-5-17-14/h1-7H,16H2,(H,17,18). The van der Waals surface area contributed by atoms with E-state index in [1.165, 1.54) is 0 Å². The summed E-state index contributed by atoms with van der Waals surface area (Å²) in [6.45, 7) is 0. The van der Waals surface area contributed by atoms with Gasteiger partial charge < -0.3 is 10.7 Å². The lowest BCUT2D eigenvalue weighted by Gasteiger charge is -2.02. The van der Waals surface area contributed by atoms with Crippen LogP contribution < -0.4 is 5.73 Å². The van der Waals surface area contributed by atoms with Crippen molar-refractivity contribution in [3.63, 3.8) is 0 Å². The maximum atomic E-state index is 12.4. The van der Waals surface area contributed by atoms with Crippen LogP contribution >= 0.6 is 11.6 Å². The number of nitrogens with one attached hydrogen (secondary N) is 1. The molecule has 0 unspecified atom stereocenters. The van der Waals surface area contributed by atoms with Gasteiger partial charge >= 0.3 is 0 Å². The van der Waals surface area contributed by atoms with Crippen LogP contribution in [0.4, 0.5) is 5.69 Å². The number of nitrogens with two attached hydrogens (primary N) is 1. The Bertz CT molecular complexity index is 779. The number of pyridine rings is 1. The molecule has 3 N–H and O–H groups in total. The van der Waals surface area contributed by atoms with Crippen molar-refractivity contribution in [2.24, 2.45) is 0 Å². The molecule has 94 valence electrons. The molecule has 0 spiro atoms. The number of nitrogen functional groups attached to an aromatic ring is 1. The highest BCUT2D eigenvalue weighted by Gasteiger charge is 2.15. The lowest BCUT2D eigenvalue weighted by Crippen LogP contribution is -2.01. The molecule has 0 aliphatic carbocycles. The number of nitrogens with zero attached hydrogens (tertiary/aromatic N) is 1. The van der Waals surface area contributed by atoms with E-state index in [0.717, 1.165) is 5.39 Å². The van der Waals surface area contributed by atoms with Crippen molar-refractivity contribution >= 4 is 34.1 Å². The number of aromatic amines is 1. The first-order chi connectivity index (χ1) is 9.16. The molecule has 0 aliphatic heterocycles. The average molecular weight is 272 g/mol. The Morgan fingerprint density at radius 2 is 2.16 bits per heavy atom. The predicted octanol–water partition coefficient (Wildman–Crippen LogP) is 3.03. The zero-order valence-electron chi connectivity index (χ0n) is 9.85. The van der Waals surface area contributed by atoms with E-state index in [1.807, 2.05) is 6.07 Å². The second kappa shape index (κ2) is 4.40. The monoisotopic (exact) mass is 271 g/mol. The maximum absolute atomic E-state index is 12.4. The number of anilines is 1. The van der Waals surface area contributed by atoms with E-state index in [9.17, 15) is 4.79 Å². The molecular formula is C14H10ClN3O. The van der Waals surface area contributed by atoms with Gasteiger partial charge in [-0.1, -0.05) is 11.6 Å². The normalized spacial score (nSPS) is 10.8. The largest absolute Gasteiger partial charge is 0.398 e. The van der Waals surface area contributed by atoms with Crippen molar-refractivity contribution < 1.29 is 4.79 Å². The van der Waals surface area contributed by atoms with Crippen LogP contribution in [0.3, 0.4) is 0 Å². The number of halogens is 1. The van der Waals surface area contributed by atoms with Gasteiger partial charge in [0.05, 0.1) is 10.7 Å². The highest BCUT2D eigenvalue weighted by Crippen LogP contribution is 2.24. The highest BCUT2D eigenvalue weighted by atomic mass is 35.5. The fourth-order valence-electron chi connectivity index (χ4n) is 1.97. The van der Waals surface area contributed by atoms with E-state index in [2.05, 4.69) is 9.97 Å². The summed E-state index contributed by atoms with van der Waals surface area (Å²) < 4.78 is 0. The summed E-state index contributed by atoms with van der Waals surface area (Å²) in [5.41, 5.74) is 7.86. The summed E-state index contributed by atoms with van der Waals surface area (Å²) in [5, 5.41) is 1.17. The van der Waals surface area contributed by atoms with Gasteiger partial charge in [0.2, 0.25) is 0 Å². The first-order valence-electron chi connectivity index (χ1n) is 5.68. The van der Waals surface area contributed by atoms with Gasteiger partial charge in [0.25, 0.3) is 0 Å². The molecule has 0 aliphatic rings. The van der Waals surface area contributed by atoms with Crippen molar-refractivity contribution in [1.82, 2.24) is 9.97 Å². The summed E-state index contributed by atoms with van der Waals surface area (Å²) in [7, 11) is 0. The van der Waals surface area contributed by atoms with Crippen LogP contribution in [-0.4, -0.2) is 15.8 Å². The molecule has 0 atom stereocenters. The second-order valence-corrected chi connectivity index (χ2v) is 4.57. The van der Waals surface area contributed by atoms with Crippen molar-refractivity contribution in [1.29, 1.82) is 0 Å². The number of hydrogen-bond acceptors (Lipinski definition) is 3.